The molecule has 1 aliphatic rings. The third kappa shape index (κ3) is 8.68. The average molecular weight is 621 g/mol. The second-order valence-corrected chi connectivity index (χ2v) is 10.7. The van der Waals surface area contributed by atoms with Gasteiger partial charge in [0, 0.05) is 5.75 Å². The van der Waals surface area contributed by atoms with Crippen LogP contribution in [0.4, 0.5) is 5.13 Å². The molecule has 37 heavy (non-hydrogen) atoms. The summed E-state index contributed by atoms with van der Waals surface area (Å²) < 4.78 is 32.4. The Morgan fingerprint density at radius 2 is 2.00 bits per heavy atom. The number of aromatic nitrogens is 1. The topological polar surface area (TPSA) is 237 Å². The second-order valence-electron chi connectivity index (χ2n) is 6.64. The highest BCUT2D eigenvalue weighted by Gasteiger charge is 2.54. The van der Waals surface area contributed by atoms with Crippen LogP contribution in [0.3, 0.4) is 0 Å². The third-order valence-corrected chi connectivity index (χ3v) is 7.83. The molecule has 204 valence electrons. The van der Waals surface area contributed by atoms with E-state index in [1.54, 1.807) is 5.48 Å². The van der Waals surface area contributed by atoms with Gasteiger partial charge in [-0.15, -0.1) is 35.0 Å². The number of hydrogen-bond acceptors (Lipinski definition) is 14. The molecule has 0 saturated carbocycles. The number of anilines is 1. The quantitative estimate of drug-likeness (QED) is 0.0519. The van der Waals surface area contributed by atoms with Crippen molar-refractivity contribution in [2.75, 3.05) is 23.2 Å². The zero-order valence-electron chi connectivity index (χ0n) is 18.3. The standard InChI is InChI=1S/C16H18Cl2N6O10S3/c17-3-8(25)13-7(21-16(19)36-13)6-33-20-5-10(27)22-12-14(29)24(37(30,31)32)15(12)35-2-1-11(28)34-23-9(26)4-18/h5,12,15H,1-4,6H2,(H2,19,21)(H,22,27)(H,23,26)(H,30,31,32)/t12-,15-/m1/s1. The van der Waals surface area contributed by atoms with E-state index in [1.807, 2.05) is 0 Å². The number of β-lactam (4-membered cyclic amide) rings is 1. The summed E-state index contributed by atoms with van der Waals surface area (Å²) in [7, 11) is -4.96. The van der Waals surface area contributed by atoms with Crippen molar-refractivity contribution in [1.82, 2.24) is 20.1 Å². The number of halogens is 2. The number of Topliss-reactive ketones (excluding diaryl/α,β-unsaturated/α-hetero) is 1. The number of thiazole rings is 1. The van der Waals surface area contributed by atoms with E-state index in [2.05, 4.69) is 20.3 Å². The van der Waals surface area contributed by atoms with E-state index in [9.17, 15) is 36.9 Å². The predicted octanol–water partition coefficient (Wildman–Crippen LogP) is -0.958. The van der Waals surface area contributed by atoms with Crippen molar-refractivity contribution in [3.8, 4) is 0 Å². The van der Waals surface area contributed by atoms with Gasteiger partial charge in [0.25, 0.3) is 17.7 Å². The Labute approximate surface area is 227 Å². The molecule has 5 N–H and O–H groups in total. The largest absolute Gasteiger partial charge is 0.389 e. The van der Waals surface area contributed by atoms with Crippen LogP contribution in [0.15, 0.2) is 5.16 Å². The number of ketones is 1. The molecular weight excluding hydrogens is 603 g/mol. The maximum absolute atomic E-state index is 12.2. The van der Waals surface area contributed by atoms with Gasteiger partial charge in [0.2, 0.25) is 0 Å². The van der Waals surface area contributed by atoms with Gasteiger partial charge < -0.3 is 20.7 Å². The van der Waals surface area contributed by atoms with Crippen molar-refractivity contribution in [2.24, 2.45) is 5.16 Å². The van der Waals surface area contributed by atoms with Gasteiger partial charge in [0.1, 0.15) is 34.1 Å². The van der Waals surface area contributed by atoms with Crippen LogP contribution in [-0.2, 0) is 45.8 Å². The van der Waals surface area contributed by atoms with E-state index in [1.165, 1.54) is 0 Å². The van der Waals surface area contributed by atoms with Gasteiger partial charge >= 0.3 is 16.3 Å². The number of thioether (sulfide) groups is 1. The Balaban J connectivity index is 1.91. The van der Waals surface area contributed by atoms with Crippen LogP contribution in [0, 0.1) is 0 Å². The molecule has 1 aromatic rings. The summed E-state index contributed by atoms with van der Waals surface area (Å²) in [4.78, 5) is 72.1. The molecule has 21 heteroatoms. The number of carbonyl (C=O) groups excluding carboxylic acids is 5. The van der Waals surface area contributed by atoms with Crippen LogP contribution >= 0.6 is 46.3 Å². The van der Waals surface area contributed by atoms with Crippen molar-refractivity contribution in [1.29, 1.82) is 0 Å². The number of amides is 3. The van der Waals surface area contributed by atoms with E-state index in [0.29, 0.717) is 6.21 Å². The number of oxime groups is 1. The highest BCUT2D eigenvalue weighted by Crippen LogP contribution is 2.32. The molecule has 0 unspecified atom stereocenters. The normalized spacial score (nSPS) is 17.3. The van der Waals surface area contributed by atoms with Gasteiger partial charge in [-0.2, -0.15) is 18.2 Å². The lowest BCUT2D eigenvalue weighted by Crippen LogP contribution is -2.70. The monoisotopic (exact) mass is 620 g/mol. The predicted molar refractivity (Wildman–Crippen MR) is 131 cm³/mol. The number of nitrogens with one attached hydrogen (secondary N) is 2. The first-order chi connectivity index (χ1) is 17.4. The molecule has 3 amide bonds. The van der Waals surface area contributed by atoms with Crippen LogP contribution in [0.2, 0.25) is 0 Å². The van der Waals surface area contributed by atoms with Crippen LogP contribution in [0.1, 0.15) is 21.8 Å². The second kappa shape index (κ2) is 13.7. The SMILES string of the molecule is Nc1nc(CON=CC(=O)N[C@@H]2C(=O)N(S(=O)(=O)O)[C@@H]2SCCC(=O)ONC(=O)CCl)c(C(=O)CCl)s1. The van der Waals surface area contributed by atoms with E-state index in [4.69, 9.17) is 33.8 Å². The lowest BCUT2D eigenvalue weighted by atomic mass is 10.1. The summed E-state index contributed by atoms with van der Waals surface area (Å²) in [5, 5.41) is 4.39. The summed E-state index contributed by atoms with van der Waals surface area (Å²) in [5.74, 6) is -5.06. The molecule has 0 bridgehead atoms. The molecule has 0 aromatic carbocycles. The lowest BCUT2D eigenvalue weighted by Gasteiger charge is -2.43. The van der Waals surface area contributed by atoms with Crippen molar-refractivity contribution in [3.05, 3.63) is 10.6 Å². The van der Waals surface area contributed by atoms with E-state index in [-0.39, 0.29) is 44.7 Å². The number of nitrogens with zero attached hydrogens (tertiary/aromatic N) is 3. The third-order valence-electron chi connectivity index (χ3n) is 4.08. The first-order valence-corrected chi connectivity index (χ1v) is 14.0. The fourth-order valence-electron chi connectivity index (χ4n) is 2.56. The lowest BCUT2D eigenvalue weighted by molar-refractivity contribution is -0.156. The summed E-state index contributed by atoms with van der Waals surface area (Å²) in [6.45, 7) is -0.325. The van der Waals surface area contributed by atoms with E-state index >= 15 is 0 Å². The number of hydroxylamine groups is 1. The zero-order valence-corrected chi connectivity index (χ0v) is 22.3. The van der Waals surface area contributed by atoms with Crippen LogP contribution in [-0.4, -0.2) is 86.9 Å². The number of carbonyl (C=O) groups is 5. The maximum atomic E-state index is 12.2. The average Bonchev–Trinajstić information content (AvgIpc) is 3.21. The van der Waals surface area contributed by atoms with Crippen LogP contribution in [0.25, 0.3) is 0 Å². The Morgan fingerprint density at radius 3 is 2.62 bits per heavy atom. The molecule has 16 nitrogen and oxygen atoms in total. The highest BCUT2D eigenvalue weighted by atomic mass is 35.5. The fraction of sp³-hybridized carbons (Fsp3) is 0.438. The number of alkyl halides is 2. The van der Waals surface area contributed by atoms with Gasteiger partial charge in [-0.05, 0) is 0 Å². The Hall–Kier alpha value is -2.71. The highest BCUT2D eigenvalue weighted by molar-refractivity contribution is 8.00. The van der Waals surface area contributed by atoms with Gasteiger partial charge in [-0.3, -0.25) is 23.7 Å². The molecule has 2 atom stereocenters. The van der Waals surface area contributed by atoms with Crippen LogP contribution in [0.5, 0.6) is 0 Å². The zero-order chi connectivity index (χ0) is 27.8. The van der Waals surface area contributed by atoms with Gasteiger partial charge in [0.05, 0.1) is 12.3 Å². The van der Waals surface area contributed by atoms with Gasteiger partial charge in [-0.25, -0.2) is 9.78 Å². The number of nitrogens with two attached hydrogens (primary N) is 1. The minimum Gasteiger partial charge on any atom is -0.389 e. The molecule has 2 rings (SSSR count). The number of rotatable bonds is 13. The number of nitrogen functional groups attached to an aromatic ring is 1. The summed E-state index contributed by atoms with van der Waals surface area (Å²) in [6, 6.07) is -1.40. The molecule has 0 spiro atoms. The molecule has 1 aliphatic heterocycles. The Kier molecular flexibility index (Phi) is 11.3. The molecule has 1 fully saturated rings. The minimum atomic E-state index is -4.96. The minimum absolute atomic E-state index is 0.0949. The molecule has 1 saturated heterocycles. The van der Waals surface area contributed by atoms with Crippen LogP contribution < -0.4 is 16.5 Å². The smallest absolute Gasteiger partial charge is 0.363 e. The molecule has 1 aromatic heterocycles. The molecule has 2 heterocycles. The van der Waals surface area contributed by atoms with E-state index < -0.39 is 57.1 Å². The maximum Gasteiger partial charge on any atom is 0.363 e. The van der Waals surface area contributed by atoms with Crippen molar-refractivity contribution in [2.45, 2.75) is 24.4 Å². The Morgan fingerprint density at radius 1 is 1.30 bits per heavy atom. The molecule has 0 radical (unpaired) electrons. The van der Waals surface area contributed by atoms with E-state index in [0.717, 1.165) is 23.1 Å². The van der Waals surface area contributed by atoms with Crippen molar-refractivity contribution in [3.63, 3.8) is 0 Å². The Bertz CT molecular complexity index is 1190. The van der Waals surface area contributed by atoms with Crippen molar-refractivity contribution >= 4 is 97.4 Å². The van der Waals surface area contributed by atoms with Gasteiger partial charge in [0.15, 0.2) is 17.5 Å². The first kappa shape index (κ1) is 30.5. The summed E-state index contributed by atoms with van der Waals surface area (Å²) in [6.07, 6.45) is 0.309. The molecule has 0 aliphatic carbocycles. The number of hydrogen-bond donors (Lipinski definition) is 4. The summed E-state index contributed by atoms with van der Waals surface area (Å²) >= 11 is 12.4. The van der Waals surface area contributed by atoms with Crippen molar-refractivity contribution < 1.29 is 46.6 Å². The first-order valence-electron chi connectivity index (χ1n) is 9.66. The summed E-state index contributed by atoms with van der Waals surface area (Å²) in [5.41, 5.74) is 7.49. The van der Waals surface area contributed by atoms with Gasteiger partial charge in [-0.1, -0.05) is 16.5 Å². The fourth-order valence-corrected chi connectivity index (χ4v) is 5.97. The molecular formula is C16H18Cl2N6O10S3.